The fourth-order valence-electron chi connectivity index (χ4n) is 10.1. The average molecular weight is 1240 g/mol. The number of carbonyl (C=O) groups is 3. The third kappa shape index (κ3) is 14.2. The summed E-state index contributed by atoms with van der Waals surface area (Å²) in [5.74, 6) is -4.73. The van der Waals surface area contributed by atoms with E-state index in [0.717, 1.165) is 76.3 Å². The standard InChI is InChI=1S/C24H15F4NO2.C24H16F3NO2.C23H13F4NO2/c1-13-8-16(10-18(25)9-13)14-2-4-15(5-3-14)22-12-20(23(30)31)19-11-17(24(26,27)28)6-7-21(19)29-22;1-14-3-2-4-17(11-14)15-5-7-16(8-6-15)22-13-20(23(29)30)19-12-18(24(25,26)27)9-10-21(19)28-22;24-19-4-2-1-3-16(19)13-5-7-14(8-6-13)21-12-18(22(29)30)17-11-15(23(25,26)27)9-10-20(17)28-21/h2-12H,1H3,(H,30,31);2-13H,1H3,(H,29,30);1-12H,(H,29,30). The lowest BCUT2D eigenvalue weighted by Crippen LogP contribution is -2.06. The van der Waals surface area contributed by atoms with E-state index in [1.54, 1.807) is 73.7 Å². The molecule has 0 atom stereocenters. The molecule has 20 heteroatoms. The van der Waals surface area contributed by atoms with Crippen molar-refractivity contribution in [1.82, 2.24) is 15.0 Å². The van der Waals surface area contributed by atoms with Gasteiger partial charge in [-0.25, -0.2) is 38.1 Å². The molecule has 9 nitrogen and oxygen atoms in total. The smallest absolute Gasteiger partial charge is 0.416 e. The van der Waals surface area contributed by atoms with Gasteiger partial charge in [-0.05, 0) is 138 Å². The van der Waals surface area contributed by atoms with Crippen LogP contribution in [0.4, 0.5) is 48.3 Å². The number of carboxylic acids is 3. The molecule has 0 radical (unpaired) electrons. The molecule has 0 spiro atoms. The first-order chi connectivity index (χ1) is 43.1. The molecule has 0 bridgehead atoms. The van der Waals surface area contributed by atoms with Gasteiger partial charge >= 0.3 is 36.4 Å². The van der Waals surface area contributed by atoms with Crippen molar-refractivity contribution in [3.05, 3.63) is 268 Å². The Hall–Kier alpha value is -11.2. The van der Waals surface area contributed by atoms with Crippen LogP contribution >= 0.6 is 0 Å². The molecule has 3 heterocycles. The van der Waals surface area contributed by atoms with Crippen molar-refractivity contribution in [2.24, 2.45) is 0 Å². The molecule has 12 aromatic rings. The Morgan fingerprint density at radius 2 is 0.681 bits per heavy atom. The van der Waals surface area contributed by atoms with Gasteiger partial charge < -0.3 is 15.3 Å². The highest BCUT2D eigenvalue weighted by atomic mass is 19.4. The Kier molecular flexibility index (Phi) is 17.4. The van der Waals surface area contributed by atoms with Crippen LogP contribution in [0, 0.1) is 25.5 Å². The van der Waals surface area contributed by atoms with Crippen LogP contribution in [-0.2, 0) is 18.5 Å². The maximum absolute atomic E-state index is 14.0. The van der Waals surface area contributed by atoms with Gasteiger partial charge in [0.25, 0.3) is 0 Å². The highest BCUT2D eigenvalue weighted by Gasteiger charge is 2.33. The molecule has 0 aliphatic heterocycles. The van der Waals surface area contributed by atoms with E-state index in [4.69, 9.17) is 0 Å². The van der Waals surface area contributed by atoms with E-state index in [0.29, 0.717) is 50.5 Å². The number of hydrogen-bond acceptors (Lipinski definition) is 6. The number of aryl methyl sites for hydroxylation is 2. The molecule has 3 aromatic heterocycles. The number of alkyl halides is 9. The van der Waals surface area contributed by atoms with E-state index >= 15 is 0 Å². The maximum atomic E-state index is 14.0. The van der Waals surface area contributed by atoms with Crippen LogP contribution in [0.5, 0.6) is 0 Å². The lowest BCUT2D eigenvalue weighted by Gasteiger charge is -2.11. The summed E-state index contributed by atoms with van der Waals surface area (Å²) in [4.78, 5) is 48.2. The van der Waals surface area contributed by atoms with E-state index in [9.17, 15) is 78.0 Å². The summed E-state index contributed by atoms with van der Waals surface area (Å²) in [6.45, 7) is 3.80. The SMILES string of the molecule is Cc1cc(F)cc(-c2ccc(-c3cc(C(=O)O)c4cc(C(F)(F)F)ccc4n3)cc2)c1.Cc1cccc(-c2ccc(-c3cc(C(=O)O)c4cc(C(F)(F)F)ccc4n3)cc2)c1.O=C(O)c1cc(-c2ccc(-c3ccccc3F)cc2)nc2ccc(C(F)(F)F)cc12. The predicted molar refractivity (Wildman–Crippen MR) is 323 cm³/mol. The van der Waals surface area contributed by atoms with Crippen molar-refractivity contribution in [3.8, 4) is 67.2 Å². The fraction of sp³-hybridized carbons (Fsp3) is 0.0704. The molecular formula is C71H44F11N3O6. The molecule has 9 aromatic carbocycles. The monoisotopic (exact) mass is 1240 g/mol. The number of halogens is 11. The Balaban J connectivity index is 0.000000150. The van der Waals surface area contributed by atoms with Crippen LogP contribution in [0.1, 0.15) is 58.9 Å². The first kappa shape index (κ1) is 62.9. The number of carboxylic acid groups (broad SMARTS) is 3. The Morgan fingerprint density at radius 1 is 0.330 bits per heavy atom. The predicted octanol–water partition coefficient (Wildman–Crippen LogP) is 19.8. The van der Waals surface area contributed by atoms with Crippen molar-refractivity contribution in [1.29, 1.82) is 0 Å². The van der Waals surface area contributed by atoms with E-state index in [2.05, 4.69) is 21.0 Å². The number of aromatic carboxylic acids is 3. The van der Waals surface area contributed by atoms with Gasteiger partial charge in [-0.1, -0.05) is 127 Å². The summed E-state index contributed by atoms with van der Waals surface area (Å²) < 4.78 is 145. The van der Waals surface area contributed by atoms with Crippen molar-refractivity contribution in [2.45, 2.75) is 32.4 Å². The zero-order valence-corrected chi connectivity index (χ0v) is 47.3. The summed E-state index contributed by atoms with van der Waals surface area (Å²) in [7, 11) is 0. The molecule has 3 N–H and O–H groups in total. The molecule has 0 saturated heterocycles. The Bertz CT molecular complexity index is 4780. The van der Waals surface area contributed by atoms with Gasteiger partial charge in [0.1, 0.15) is 11.6 Å². The van der Waals surface area contributed by atoms with Gasteiger partial charge in [0.2, 0.25) is 0 Å². The van der Waals surface area contributed by atoms with Gasteiger partial charge in [0, 0.05) is 38.4 Å². The van der Waals surface area contributed by atoms with Crippen LogP contribution in [-0.4, -0.2) is 48.2 Å². The topological polar surface area (TPSA) is 151 Å². The zero-order chi connectivity index (χ0) is 65.3. The van der Waals surface area contributed by atoms with Crippen LogP contribution in [0.15, 0.2) is 212 Å². The first-order valence-electron chi connectivity index (χ1n) is 27.2. The average Bonchev–Trinajstić information content (AvgIpc) is 0.868. The van der Waals surface area contributed by atoms with E-state index in [1.807, 2.05) is 55.5 Å². The minimum Gasteiger partial charge on any atom is -0.478 e. The molecule has 0 aliphatic carbocycles. The highest BCUT2D eigenvalue weighted by Crippen LogP contribution is 2.38. The number of benzene rings is 9. The third-order valence-corrected chi connectivity index (χ3v) is 14.6. The number of fused-ring (bicyclic) bond motifs is 3. The number of nitrogens with zero attached hydrogens (tertiary/aromatic N) is 3. The van der Waals surface area contributed by atoms with Crippen molar-refractivity contribution in [3.63, 3.8) is 0 Å². The summed E-state index contributed by atoms with van der Waals surface area (Å²) in [5, 5.41) is 28.4. The number of hydrogen-bond donors (Lipinski definition) is 3. The quantitative estimate of drug-likeness (QED) is 0.120. The lowest BCUT2D eigenvalue weighted by molar-refractivity contribution is -0.138. The molecule has 12 rings (SSSR count). The summed E-state index contributed by atoms with van der Waals surface area (Å²) in [5.41, 5.74) is 6.20. The second-order valence-corrected chi connectivity index (χ2v) is 20.9. The molecular weight excluding hydrogens is 1200 g/mol. The summed E-state index contributed by atoms with van der Waals surface area (Å²) in [6, 6.07) is 52.4. The van der Waals surface area contributed by atoms with Crippen LogP contribution in [0.2, 0.25) is 0 Å². The van der Waals surface area contributed by atoms with Crippen LogP contribution < -0.4 is 0 Å². The molecule has 0 amide bonds. The van der Waals surface area contributed by atoms with Crippen LogP contribution in [0.25, 0.3) is 99.9 Å². The fourth-order valence-corrected chi connectivity index (χ4v) is 10.1. The third-order valence-electron chi connectivity index (χ3n) is 14.6. The van der Waals surface area contributed by atoms with Gasteiger partial charge in [-0.3, -0.25) is 0 Å². The largest absolute Gasteiger partial charge is 0.478 e. The Labute approximate surface area is 509 Å². The second kappa shape index (κ2) is 25.1. The van der Waals surface area contributed by atoms with Crippen LogP contribution in [0.3, 0.4) is 0 Å². The maximum Gasteiger partial charge on any atom is 0.416 e. The van der Waals surface area contributed by atoms with Gasteiger partial charge in [-0.15, -0.1) is 0 Å². The molecule has 0 aliphatic rings. The van der Waals surface area contributed by atoms with Crippen molar-refractivity contribution < 1.29 is 78.0 Å². The molecule has 456 valence electrons. The summed E-state index contributed by atoms with van der Waals surface area (Å²) >= 11 is 0. The minimum absolute atomic E-state index is 0.0440. The van der Waals surface area contributed by atoms with E-state index in [1.165, 1.54) is 42.5 Å². The van der Waals surface area contributed by atoms with Gasteiger partial charge in [-0.2, -0.15) is 39.5 Å². The highest BCUT2D eigenvalue weighted by molar-refractivity contribution is 6.06. The van der Waals surface area contributed by atoms with E-state index < -0.39 is 53.1 Å². The minimum atomic E-state index is -4.59. The Morgan fingerprint density at radius 3 is 1.03 bits per heavy atom. The molecule has 0 fully saturated rings. The summed E-state index contributed by atoms with van der Waals surface area (Å²) in [6.07, 6.45) is -13.7. The second-order valence-electron chi connectivity index (χ2n) is 20.9. The van der Waals surface area contributed by atoms with Gasteiger partial charge in [0.15, 0.2) is 0 Å². The molecule has 0 unspecified atom stereocenters. The normalized spacial score (nSPS) is 11.6. The zero-order valence-electron chi connectivity index (χ0n) is 47.3. The molecule has 91 heavy (non-hydrogen) atoms. The number of rotatable bonds is 9. The lowest BCUT2D eigenvalue weighted by atomic mass is 9.99. The molecule has 0 saturated carbocycles. The first-order valence-corrected chi connectivity index (χ1v) is 27.2. The number of pyridine rings is 3. The van der Waals surface area contributed by atoms with E-state index in [-0.39, 0.29) is 61.0 Å². The van der Waals surface area contributed by atoms with Crippen molar-refractivity contribution >= 4 is 50.6 Å². The van der Waals surface area contributed by atoms with Gasteiger partial charge in [0.05, 0.1) is 67.0 Å². The number of aromatic nitrogens is 3. The van der Waals surface area contributed by atoms with Crippen molar-refractivity contribution in [2.75, 3.05) is 0 Å².